The molecule has 1 aromatic carbocycles. The van der Waals surface area contributed by atoms with E-state index in [0.29, 0.717) is 0 Å². The van der Waals surface area contributed by atoms with Crippen molar-refractivity contribution >= 4 is 11.6 Å². The molecule has 1 aromatic rings. The van der Waals surface area contributed by atoms with Gasteiger partial charge >= 0.3 is 0 Å². The van der Waals surface area contributed by atoms with Gasteiger partial charge in [0.2, 0.25) is 0 Å². The zero-order valence-corrected chi connectivity index (χ0v) is 12.4. The molecule has 0 radical (unpaired) electrons. The summed E-state index contributed by atoms with van der Waals surface area (Å²) in [6.45, 7) is 5.17. The van der Waals surface area contributed by atoms with Crippen LogP contribution in [0.1, 0.15) is 38.7 Å². The second-order valence-electron chi connectivity index (χ2n) is 5.37. The molecule has 2 rings (SSSR count). The number of hydrogen-bond donors (Lipinski definition) is 2. The average Bonchev–Trinajstić information content (AvgIpc) is 2.45. The molecule has 0 fully saturated rings. The molecule has 0 spiro atoms. The molecular formula is C16H24N2O2. The lowest BCUT2D eigenvalue weighted by Crippen LogP contribution is -2.36. The van der Waals surface area contributed by atoms with Crippen molar-refractivity contribution in [2.45, 2.75) is 45.6 Å². The maximum Gasteiger partial charge on any atom is 0.258 e. The van der Waals surface area contributed by atoms with Gasteiger partial charge in [-0.2, -0.15) is 0 Å². The van der Waals surface area contributed by atoms with Gasteiger partial charge in [-0.05, 0) is 37.8 Å². The first-order valence-electron chi connectivity index (χ1n) is 7.48. The third-order valence-electron chi connectivity index (χ3n) is 3.53. The van der Waals surface area contributed by atoms with Gasteiger partial charge < -0.3 is 15.4 Å². The van der Waals surface area contributed by atoms with E-state index < -0.39 is 0 Å². The number of para-hydroxylation sites is 1. The topological polar surface area (TPSA) is 50.4 Å². The van der Waals surface area contributed by atoms with Crippen molar-refractivity contribution in [2.24, 2.45) is 0 Å². The minimum atomic E-state index is -0.0561. The van der Waals surface area contributed by atoms with Gasteiger partial charge in [-0.15, -0.1) is 0 Å². The summed E-state index contributed by atoms with van der Waals surface area (Å²) >= 11 is 0. The van der Waals surface area contributed by atoms with E-state index in [-0.39, 0.29) is 18.6 Å². The molecule has 0 saturated heterocycles. The van der Waals surface area contributed by atoms with Crippen LogP contribution in [0.2, 0.25) is 0 Å². The summed E-state index contributed by atoms with van der Waals surface area (Å²) in [5, 5.41) is 6.31. The van der Waals surface area contributed by atoms with Crippen LogP contribution < -0.4 is 15.4 Å². The minimum absolute atomic E-state index is 0.0561. The number of carbonyl (C=O) groups is 1. The molecule has 20 heavy (non-hydrogen) atoms. The fraction of sp³-hybridized carbons (Fsp3) is 0.562. The average molecular weight is 276 g/mol. The Morgan fingerprint density at radius 3 is 3.15 bits per heavy atom. The Morgan fingerprint density at radius 1 is 1.50 bits per heavy atom. The first-order valence-corrected chi connectivity index (χ1v) is 7.48. The Bertz CT molecular complexity index is 460. The highest BCUT2D eigenvalue weighted by Crippen LogP contribution is 2.31. The van der Waals surface area contributed by atoms with Gasteiger partial charge in [-0.25, -0.2) is 0 Å². The molecule has 1 amide bonds. The van der Waals surface area contributed by atoms with Gasteiger partial charge in [-0.1, -0.05) is 25.5 Å². The number of nitrogens with one attached hydrogen (secondary N) is 2. The molecule has 1 unspecified atom stereocenters. The monoisotopic (exact) mass is 276 g/mol. The molecule has 4 heteroatoms. The maximum atomic E-state index is 11.8. The van der Waals surface area contributed by atoms with Gasteiger partial charge in [0.25, 0.3) is 5.91 Å². The van der Waals surface area contributed by atoms with Crippen LogP contribution in [0.5, 0.6) is 5.75 Å². The van der Waals surface area contributed by atoms with Gasteiger partial charge in [0, 0.05) is 12.6 Å². The van der Waals surface area contributed by atoms with Crippen molar-refractivity contribution in [2.75, 3.05) is 18.5 Å². The number of amides is 1. The summed E-state index contributed by atoms with van der Waals surface area (Å²) in [5.74, 6) is 0.722. The van der Waals surface area contributed by atoms with E-state index in [4.69, 9.17) is 4.74 Å². The first-order chi connectivity index (χ1) is 9.70. The number of aryl methyl sites for hydroxylation is 1. The summed E-state index contributed by atoms with van der Waals surface area (Å²) in [5.41, 5.74) is 2.32. The quantitative estimate of drug-likeness (QED) is 0.840. The number of anilines is 1. The molecule has 1 atom stereocenters. The zero-order chi connectivity index (χ0) is 14.4. The fourth-order valence-electron chi connectivity index (χ4n) is 2.56. The van der Waals surface area contributed by atoms with Gasteiger partial charge in [0.1, 0.15) is 5.75 Å². The second kappa shape index (κ2) is 7.17. The molecule has 1 aliphatic rings. The Balaban J connectivity index is 1.89. The summed E-state index contributed by atoms with van der Waals surface area (Å²) in [6, 6.07) is 6.22. The molecule has 110 valence electrons. The van der Waals surface area contributed by atoms with Crippen molar-refractivity contribution in [3.05, 3.63) is 23.8 Å². The van der Waals surface area contributed by atoms with Crippen LogP contribution >= 0.6 is 0 Å². The highest BCUT2D eigenvalue weighted by Gasteiger charge is 2.14. The van der Waals surface area contributed by atoms with Crippen LogP contribution in [0.15, 0.2) is 18.2 Å². The lowest BCUT2D eigenvalue weighted by molar-refractivity contribution is -0.123. The number of ether oxygens (including phenoxy) is 1. The Hall–Kier alpha value is -1.71. The molecule has 4 nitrogen and oxygen atoms in total. The van der Waals surface area contributed by atoms with E-state index in [2.05, 4.69) is 23.6 Å². The molecule has 0 saturated carbocycles. The SMILES string of the molecule is CCCC(C)NC(=O)COc1cccc2c1NCCC2. The highest BCUT2D eigenvalue weighted by atomic mass is 16.5. The predicted molar refractivity (Wildman–Crippen MR) is 81.3 cm³/mol. The number of hydrogen-bond acceptors (Lipinski definition) is 3. The third-order valence-corrected chi connectivity index (χ3v) is 3.53. The predicted octanol–water partition coefficient (Wildman–Crippen LogP) is 2.73. The van der Waals surface area contributed by atoms with Crippen molar-refractivity contribution in [3.8, 4) is 5.75 Å². The smallest absolute Gasteiger partial charge is 0.258 e. The van der Waals surface area contributed by atoms with Gasteiger partial charge in [0.15, 0.2) is 6.61 Å². The van der Waals surface area contributed by atoms with Crippen LogP contribution in [0.25, 0.3) is 0 Å². The Labute approximate surface area is 120 Å². The first kappa shape index (κ1) is 14.7. The van der Waals surface area contributed by atoms with E-state index in [9.17, 15) is 4.79 Å². The molecule has 0 aromatic heterocycles. The van der Waals surface area contributed by atoms with Crippen molar-refractivity contribution in [3.63, 3.8) is 0 Å². The summed E-state index contributed by atoms with van der Waals surface area (Å²) in [7, 11) is 0. The van der Waals surface area contributed by atoms with Crippen molar-refractivity contribution in [1.29, 1.82) is 0 Å². The summed E-state index contributed by atoms with van der Waals surface area (Å²) in [6.07, 6.45) is 4.27. The largest absolute Gasteiger partial charge is 0.482 e. The van der Waals surface area contributed by atoms with Crippen LogP contribution in [0, 0.1) is 0 Å². The van der Waals surface area contributed by atoms with Gasteiger partial charge in [0.05, 0.1) is 5.69 Å². The number of rotatable bonds is 6. The molecule has 1 aliphatic heterocycles. The minimum Gasteiger partial charge on any atom is -0.482 e. The van der Waals surface area contributed by atoms with E-state index in [0.717, 1.165) is 43.7 Å². The van der Waals surface area contributed by atoms with Crippen molar-refractivity contribution in [1.82, 2.24) is 5.32 Å². The van der Waals surface area contributed by atoms with E-state index in [1.807, 2.05) is 19.1 Å². The van der Waals surface area contributed by atoms with Crippen LogP contribution in [0.4, 0.5) is 5.69 Å². The second-order valence-corrected chi connectivity index (χ2v) is 5.37. The van der Waals surface area contributed by atoms with Gasteiger partial charge in [-0.3, -0.25) is 4.79 Å². The highest BCUT2D eigenvalue weighted by molar-refractivity contribution is 5.78. The number of fused-ring (bicyclic) bond motifs is 1. The van der Waals surface area contributed by atoms with Crippen LogP contribution in [0.3, 0.4) is 0 Å². The maximum absolute atomic E-state index is 11.8. The van der Waals surface area contributed by atoms with E-state index in [1.54, 1.807) is 0 Å². The number of carbonyl (C=O) groups excluding carboxylic acids is 1. The molecule has 2 N–H and O–H groups in total. The molecule has 0 aliphatic carbocycles. The Morgan fingerprint density at radius 2 is 2.35 bits per heavy atom. The van der Waals surface area contributed by atoms with E-state index in [1.165, 1.54) is 5.56 Å². The molecule has 0 bridgehead atoms. The van der Waals surface area contributed by atoms with E-state index >= 15 is 0 Å². The normalized spacial score (nSPS) is 14.9. The third kappa shape index (κ3) is 3.89. The molecule has 1 heterocycles. The van der Waals surface area contributed by atoms with Crippen LogP contribution in [-0.4, -0.2) is 25.1 Å². The van der Waals surface area contributed by atoms with Crippen molar-refractivity contribution < 1.29 is 9.53 Å². The summed E-state index contributed by atoms with van der Waals surface area (Å²) < 4.78 is 5.67. The lowest BCUT2D eigenvalue weighted by Gasteiger charge is -2.21. The molecular weight excluding hydrogens is 252 g/mol. The summed E-state index contributed by atoms with van der Waals surface area (Å²) in [4.78, 5) is 11.8. The lowest BCUT2D eigenvalue weighted by atomic mass is 10.0. The number of benzene rings is 1. The fourth-order valence-corrected chi connectivity index (χ4v) is 2.56. The Kier molecular flexibility index (Phi) is 5.27. The standard InChI is InChI=1S/C16H24N2O2/c1-3-6-12(2)18-15(19)11-20-14-9-4-7-13-8-5-10-17-16(13)14/h4,7,9,12,17H,3,5-6,8,10-11H2,1-2H3,(H,18,19). The zero-order valence-electron chi connectivity index (χ0n) is 12.4. The van der Waals surface area contributed by atoms with Crippen LogP contribution in [-0.2, 0) is 11.2 Å².